The van der Waals surface area contributed by atoms with Gasteiger partial charge >= 0.3 is 7.12 Å². The normalized spacial score (nSPS) is 22.9. The number of rotatable bonds is 3. The predicted octanol–water partition coefficient (Wildman–Crippen LogP) is 3.12. The SMILES string of the molecule is CC1(C)OB(C2CCN(c3ccc4nnc(C(F)F)n4n3)CC2)OC1(C)C. The van der Waals surface area contributed by atoms with Gasteiger partial charge in [0.1, 0.15) is 5.82 Å². The summed E-state index contributed by atoms with van der Waals surface area (Å²) in [5.74, 6) is 0.521. The van der Waals surface area contributed by atoms with Gasteiger partial charge in [-0.1, -0.05) is 0 Å². The van der Waals surface area contributed by atoms with E-state index in [1.54, 1.807) is 12.1 Å². The van der Waals surface area contributed by atoms with Crippen LogP contribution in [0.2, 0.25) is 5.82 Å². The molecule has 27 heavy (non-hydrogen) atoms. The Morgan fingerprint density at radius 3 is 2.30 bits per heavy atom. The summed E-state index contributed by atoms with van der Waals surface area (Å²) in [6.45, 7) is 9.75. The number of piperidine rings is 1. The number of hydrogen-bond donors (Lipinski definition) is 0. The first kappa shape index (κ1) is 18.6. The highest BCUT2D eigenvalue weighted by Gasteiger charge is 2.53. The van der Waals surface area contributed by atoms with Crippen molar-refractivity contribution in [2.45, 2.75) is 64.0 Å². The summed E-state index contributed by atoms with van der Waals surface area (Å²) >= 11 is 0. The maximum atomic E-state index is 13.0. The lowest BCUT2D eigenvalue weighted by atomic mass is 9.67. The van der Waals surface area contributed by atoms with Gasteiger partial charge in [0.05, 0.1) is 11.2 Å². The zero-order valence-corrected chi connectivity index (χ0v) is 16.0. The zero-order valence-electron chi connectivity index (χ0n) is 16.0. The maximum absolute atomic E-state index is 13.0. The van der Waals surface area contributed by atoms with Crippen LogP contribution in [0.1, 0.15) is 52.8 Å². The third-order valence-corrected chi connectivity index (χ3v) is 5.99. The molecule has 146 valence electrons. The Balaban J connectivity index is 1.45. The van der Waals surface area contributed by atoms with Gasteiger partial charge in [-0.2, -0.15) is 4.52 Å². The molecule has 2 aliphatic heterocycles. The van der Waals surface area contributed by atoms with Crippen molar-refractivity contribution in [2.75, 3.05) is 18.0 Å². The van der Waals surface area contributed by atoms with E-state index in [1.807, 2.05) is 0 Å². The molecule has 7 nitrogen and oxygen atoms in total. The Morgan fingerprint density at radius 2 is 1.70 bits per heavy atom. The molecule has 4 heterocycles. The molecule has 0 unspecified atom stereocenters. The first-order valence-corrected chi connectivity index (χ1v) is 9.29. The van der Waals surface area contributed by atoms with Crippen molar-refractivity contribution in [1.82, 2.24) is 19.8 Å². The van der Waals surface area contributed by atoms with Crippen molar-refractivity contribution >= 4 is 18.6 Å². The molecule has 0 N–H and O–H groups in total. The predicted molar refractivity (Wildman–Crippen MR) is 97.0 cm³/mol. The molecule has 2 fully saturated rings. The summed E-state index contributed by atoms with van der Waals surface area (Å²) in [6.07, 6.45) is -0.933. The van der Waals surface area contributed by atoms with Crippen LogP contribution in [-0.4, -0.2) is 51.2 Å². The lowest BCUT2D eigenvalue weighted by molar-refractivity contribution is 0.00578. The smallest absolute Gasteiger partial charge is 0.403 e. The van der Waals surface area contributed by atoms with Crippen LogP contribution in [0, 0.1) is 0 Å². The van der Waals surface area contributed by atoms with Gasteiger partial charge in [0.25, 0.3) is 6.43 Å². The molecule has 0 aromatic carbocycles. The topological polar surface area (TPSA) is 64.8 Å². The number of aromatic nitrogens is 4. The van der Waals surface area contributed by atoms with E-state index in [1.165, 1.54) is 0 Å². The van der Waals surface area contributed by atoms with E-state index in [2.05, 4.69) is 47.9 Å². The van der Waals surface area contributed by atoms with Crippen molar-refractivity contribution in [2.24, 2.45) is 0 Å². The zero-order chi connectivity index (χ0) is 19.4. The Bertz CT molecular complexity index is 820. The third-order valence-electron chi connectivity index (χ3n) is 5.99. The molecule has 0 spiro atoms. The molecule has 0 aliphatic carbocycles. The van der Waals surface area contributed by atoms with Crippen LogP contribution < -0.4 is 4.90 Å². The number of hydrogen-bond acceptors (Lipinski definition) is 6. The summed E-state index contributed by atoms with van der Waals surface area (Å²) in [4.78, 5) is 2.09. The summed E-state index contributed by atoms with van der Waals surface area (Å²) in [5, 5.41) is 11.6. The third kappa shape index (κ3) is 3.18. The van der Waals surface area contributed by atoms with Gasteiger partial charge in [-0.05, 0) is 58.5 Å². The van der Waals surface area contributed by atoms with Crippen LogP contribution in [0.4, 0.5) is 14.6 Å². The first-order chi connectivity index (χ1) is 12.7. The molecule has 2 aromatic rings. The van der Waals surface area contributed by atoms with Crippen molar-refractivity contribution in [3.05, 3.63) is 18.0 Å². The lowest BCUT2D eigenvalue weighted by Crippen LogP contribution is -2.41. The van der Waals surface area contributed by atoms with Crippen LogP contribution in [0.15, 0.2) is 12.1 Å². The summed E-state index contributed by atoms with van der Waals surface area (Å²) < 4.78 is 39.6. The van der Waals surface area contributed by atoms with Gasteiger partial charge in [0, 0.05) is 13.1 Å². The second-order valence-electron chi connectivity index (χ2n) is 8.27. The molecule has 2 aliphatic rings. The molecular formula is C17H24BF2N5O2. The Labute approximate surface area is 157 Å². The Morgan fingerprint density at radius 1 is 1.07 bits per heavy atom. The average molecular weight is 379 g/mol. The maximum Gasteiger partial charge on any atom is 0.461 e. The van der Waals surface area contributed by atoms with Gasteiger partial charge in [0.2, 0.25) is 5.82 Å². The largest absolute Gasteiger partial charge is 0.461 e. The molecule has 0 saturated carbocycles. The van der Waals surface area contributed by atoms with Gasteiger partial charge in [-0.15, -0.1) is 15.3 Å². The second kappa shape index (κ2) is 6.37. The van der Waals surface area contributed by atoms with Gasteiger partial charge in [0.15, 0.2) is 5.65 Å². The van der Waals surface area contributed by atoms with E-state index in [-0.39, 0.29) is 18.3 Å². The first-order valence-electron chi connectivity index (χ1n) is 9.29. The van der Waals surface area contributed by atoms with Crippen LogP contribution in [0.25, 0.3) is 5.65 Å². The van der Waals surface area contributed by atoms with Gasteiger partial charge in [-0.25, -0.2) is 8.78 Å². The Kier molecular flexibility index (Phi) is 4.38. The Hall–Kier alpha value is -1.81. The van der Waals surface area contributed by atoms with E-state index < -0.39 is 12.2 Å². The molecule has 0 radical (unpaired) electrons. The number of anilines is 1. The summed E-state index contributed by atoms with van der Waals surface area (Å²) in [7, 11) is -0.212. The number of alkyl halides is 2. The fourth-order valence-electron chi connectivity index (χ4n) is 3.58. The number of halogens is 2. The van der Waals surface area contributed by atoms with E-state index in [4.69, 9.17) is 9.31 Å². The molecular weight excluding hydrogens is 355 g/mol. The number of fused-ring (bicyclic) bond motifs is 1. The van der Waals surface area contributed by atoms with Gasteiger partial charge in [-0.3, -0.25) is 0 Å². The monoisotopic (exact) mass is 379 g/mol. The van der Waals surface area contributed by atoms with Crippen molar-refractivity contribution in [3.63, 3.8) is 0 Å². The summed E-state index contributed by atoms with van der Waals surface area (Å²) in [6, 6.07) is 3.47. The lowest BCUT2D eigenvalue weighted by Gasteiger charge is -2.33. The highest BCUT2D eigenvalue weighted by molar-refractivity contribution is 6.47. The van der Waals surface area contributed by atoms with E-state index >= 15 is 0 Å². The fourth-order valence-corrected chi connectivity index (χ4v) is 3.58. The fraction of sp³-hybridized carbons (Fsp3) is 0.706. The van der Waals surface area contributed by atoms with Gasteiger partial charge < -0.3 is 14.2 Å². The highest BCUT2D eigenvalue weighted by atomic mass is 19.3. The number of nitrogens with zero attached hydrogens (tertiary/aromatic N) is 5. The minimum Gasteiger partial charge on any atom is -0.403 e. The molecule has 0 amide bonds. The highest BCUT2D eigenvalue weighted by Crippen LogP contribution is 2.42. The van der Waals surface area contributed by atoms with Crippen molar-refractivity contribution in [1.29, 1.82) is 0 Å². The van der Waals surface area contributed by atoms with Crippen molar-refractivity contribution < 1.29 is 18.1 Å². The van der Waals surface area contributed by atoms with Crippen LogP contribution in [0.3, 0.4) is 0 Å². The molecule has 4 rings (SSSR count). The average Bonchev–Trinajstić information content (AvgIpc) is 3.12. The minimum absolute atomic E-state index is 0.212. The van der Waals surface area contributed by atoms with Crippen LogP contribution >= 0.6 is 0 Å². The van der Waals surface area contributed by atoms with Crippen LogP contribution in [-0.2, 0) is 9.31 Å². The van der Waals surface area contributed by atoms with E-state index in [0.717, 1.165) is 30.4 Å². The molecule has 0 bridgehead atoms. The van der Waals surface area contributed by atoms with E-state index in [9.17, 15) is 8.78 Å². The van der Waals surface area contributed by atoms with Crippen molar-refractivity contribution in [3.8, 4) is 0 Å². The van der Waals surface area contributed by atoms with E-state index in [0.29, 0.717) is 17.3 Å². The quantitative estimate of drug-likeness (QED) is 0.764. The molecule has 2 aromatic heterocycles. The minimum atomic E-state index is -2.71. The molecule has 0 atom stereocenters. The van der Waals surface area contributed by atoms with Crippen LogP contribution in [0.5, 0.6) is 0 Å². The summed E-state index contributed by atoms with van der Waals surface area (Å²) in [5.41, 5.74) is -0.343. The standard InChI is InChI=1S/C17H24BF2N5O2/c1-16(2)17(3,4)27-18(26-16)11-7-9-24(10-8-11)13-6-5-12-21-22-15(14(19)20)25(12)23-13/h5-6,11,14H,7-10H2,1-4H3. The molecule has 2 saturated heterocycles. The second-order valence-corrected chi connectivity index (χ2v) is 8.27. The molecule has 10 heteroatoms.